The van der Waals surface area contributed by atoms with Gasteiger partial charge < -0.3 is 4.74 Å². The smallest absolute Gasteiger partial charge is 0.387 e. The van der Waals surface area contributed by atoms with E-state index in [0.717, 1.165) is 36.3 Å². The van der Waals surface area contributed by atoms with Crippen molar-refractivity contribution in [2.75, 3.05) is 0 Å². The SMILES string of the molecule is CC[C@@H]1CC[C@@H]2CC(c3cc(F)c4c(F)c(OC(F)F)ccc4c3)CCC2C1. The van der Waals surface area contributed by atoms with Gasteiger partial charge in [0.25, 0.3) is 0 Å². The molecule has 0 aromatic heterocycles. The van der Waals surface area contributed by atoms with Crippen LogP contribution in [0.2, 0.25) is 0 Å². The molecular weight excluding hydrogens is 368 g/mol. The summed E-state index contributed by atoms with van der Waals surface area (Å²) in [6.07, 6.45) is 8.36. The van der Waals surface area contributed by atoms with Crippen LogP contribution in [0.25, 0.3) is 10.8 Å². The fourth-order valence-corrected chi connectivity index (χ4v) is 5.46. The molecule has 0 heterocycles. The first kappa shape index (κ1) is 19.5. The molecule has 2 unspecified atom stereocenters. The average Bonchev–Trinajstić information content (AvgIpc) is 2.68. The van der Waals surface area contributed by atoms with E-state index in [2.05, 4.69) is 11.7 Å². The van der Waals surface area contributed by atoms with Gasteiger partial charge >= 0.3 is 6.61 Å². The predicted molar refractivity (Wildman–Crippen MR) is 102 cm³/mol. The fraction of sp³-hybridized carbons (Fsp3) is 0.565. The number of fused-ring (bicyclic) bond motifs is 2. The summed E-state index contributed by atoms with van der Waals surface area (Å²) in [6, 6.07) is 5.81. The molecule has 0 amide bonds. The Bertz CT molecular complexity index is 850. The molecule has 2 saturated carbocycles. The van der Waals surface area contributed by atoms with E-state index in [9.17, 15) is 17.6 Å². The van der Waals surface area contributed by atoms with Gasteiger partial charge in [-0.05, 0) is 78.9 Å². The zero-order valence-electron chi connectivity index (χ0n) is 16.1. The highest BCUT2D eigenvalue weighted by atomic mass is 19.3. The Hall–Kier alpha value is -1.78. The van der Waals surface area contributed by atoms with E-state index >= 15 is 0 Å². The Balaban J connectivity index is 1.58. The minimum absolute atomic E-state index is 0.276. The van der Waals surface area contributed by atoms with E-state index in [1.165, 1.54) is 44.2 Å². The monoisotopic (exact) mass is 394 g/mol. The number of halogens is 4. The Kier molecular flexibility index (Phi) is 5.52. The van der Waals surface area contributed by atoms with Gasteiger partial charge in [-0.1, -0.05) is 31.9 Å². The maximum Gasteiger partial charge on any atom is 0.387 e. The number of benzene rings is 2. The molecule has 152 valence electrons. The van der Waals surface area contributed by atoms with E-state index in [1.54, 1.807) is 0 Å². The molecule has 4 atom stereocenters. The summed E-state index contributed by atoms with van der Waals surface area (Å²) in [6.45, 7) is -0.877. The molecule has 2 aromatic rings. The van der Waals surface area contributed by atoms with Crippen molar-refractivity contribution in [3.05, 3.63) is 41.5 Å². The van der Waals surface area contributed by atoms with Gasteiger partial charge in [-0.25, -0.2) is 8.78 Å². The lowest BCUT2D eigenvalue weighted by Gasteiger charge is -2.42. The molecule has 0 radical (unpaired) electrons. The minimum atomic E-state index is -3.15. The number of rotatable bonds is 4. The van der Waals surface area contributed by atoms with Crippen molar-refractivity contribution in [1.29, 1.82) is 0 Å². The third kappa shape index (κ3) is 3.72. The highest BCUT2D eigenvalue weighted by Gasteiger charge is 2.35. The van der Waals surface area contributed by atoms with Crippen molar-refractivity contribution in [3.63, 3.8) is 0 Å². The van der Waals surface area contributed by atoms with Gasteiger partial charge in [0.2, 0.25) is 0 Å². The van der Waals surface area contributed by atoms with Crippen LogP contribution in [0.4, 0.5) is 17.6 Å². The topological polar surface area (TPSA) is 9.23 Å². The van der Waals surface area contributed by atoms with Crippen molar-refractivity contribution in [3.8, 4) is 5.75 Å². The summed E-state index contributed by atoms with van der Waals surface area (Å²) in [7, 11) is 0. The van der Waals surface area contributed by atoms with Crippen LogP contribution in [0.5, 0.6) is 5.75 Å². The fourth-order valence-electron chi connectivity index (χ4n) is 5.46. The largest absolute Gasteiger partial charge is 0.432 e. The van der Waals surface area contributed by atoms with Crippen LogP contribution < -0.4 is 4.74 Å². The molecule has 2 fully saturated rings. The zero-order chi connectivity index (χ0) is 19.8. The third-order valence-corrected chi connectivity index (χ3v) is 6.98. The molecule has 0 aliphatic heterocycles. The standard InChI is InChI=1S/C23H26F4O/c1-2-13-3-4-15-10-16(6-5-14(15)9-13)18-11-17-7-8-20(28-23(26)27)22(25)21(17)19(24)12-18/h7-8,11-16,23H,2-6,9-10H2,1H3/t13-,14?,15-,16?/m1/s1. The highest BCUT2D eigenvalue weighted by Crippen LogP contribution is 2.48. The molecule has 5 heteroatoms. The number of alkyl halides is 2. The van der Waals surface area contributed by atoms with E-state index in [4.69, 9.17) is 0 Å². The number of hydrogen-bond donors (Lipinski definition) is 0. The van der Waals surface area contributed by atoms with Gasteiger partial charge in [0.05, 0.1) is 5.39 Å². The Morgan fingerprint density at radius 3 is 2.50 bits per heavy atom. The molecule has 1 nitrogen and oxygen atoms in total. The molecule has 28 heavy (non-hydrogen) atoms. The van der Waals surface area contributed by atoms with Gasteiger partial charge in [0.15, 0.2) is 11.6 Å². The van der Waals surface area contributed by atoms with Crippen molar-refractivity contribution >= 4 is 10.8 Å². The lowest BCUT2D eigenvalue weighted by atomic mass is 9.63. The Labute approximate surface area is 163 Å². The Morgan fingerprint density at radius 2 is 1.75 bits per heavy atom. The molecular formula is C23H26F4O. The lowest BCUT2D eigenvalue weighted by molar-refractivity contribution is -0.0520. The van der Waals surface area contributed by atoms with Crippen LogP contribution in [0.3, 0.4) is 0 Å². The zero-order valence-corrected chi connectivity index (χ0v) is 16.1. The first-order chi connectivity index (χ1) is 13.5. The number of ether oxygens (including phenoxy) is 1. The van der Waals surface area contributed by atoms with E-state index < -0.39 is 24.0 Å². The molecule has 0 saturated heterocycles. The second-order valence-electron chi connectivity index (χ2n) is 8.47. The summed E-state index contributed by atoms with van der Waals surface area (Å²) in [4.78, 5) is 0. The first-order valence-electron chi connectivity index (χ1n) is 10.3. The van der Waals surface area contributed by atoms with E-state index in [1.807, 2.05) is 6.07 Å². The molecule has 4 rings (SSSR count). The Morgan fingerprint density at radius 1 is 1.00 bits per heavy atom. The van der Waals surface area contributed by atoms with E-state index in [-0.39, 0.29) is 11.3 Å². The number of hydrogen-bond acceptors (Lipinski definition) is 1. The van der Waals surface area contributed by atoms with Gasteiger partial charge in [-0.2, -0.15) is 8.78 Å². The van der Waals surface area contributed by atoms with Gasteiger partial charge in [0, 0.05) is 0 Å². The maximum atomic E-state index is 14.7. The quantitative estimate of drug-likeness (QED) is 0.490. The maximum absolute atomic E-state index is 14.7. The van der Waals surface area contributed by atoms with Gasteiger partial charge in [-0.3, -0.25) is 0 Å². The van der Waals surface area contributed by atoms with Crippen LogP contribution in [-0.4, -0.2) is 6.61 Å². The van der Waals surface area contributed by atoms with E-state index in [0.29, 0.717) is 11.3 Å². The molecule has 0 N–H and O–H groups in total. The van der Waals surface area contributed by atoms with Crippen LogP contribution in [0, 0.1) is 29.4 Å². The average molecular weight is 394 g/mol. The molecule has 2 aliphatic carbocycles. The summed E-state index contributed by atoms with van der Waals surface area (Å²) >= 11 is 0. The van der Waals surface area contributed by atoms with Crippen LogP contribution in [0.1, 0.15) is 63.4 Å². The molecule has 2 aliphatic rings. The minimum Gasteiger partial charge on any atom is -0.432 e. The summed E-state index contributed by atoms with van der Waals surface area (Å²) in [5.74, 6) is 0.208. The van der Waals surface area contributed by atoms with Crippen LogP contribution in [0.15, 0.2) is 24.3 Å². The van der Waals surface area contributed by atoms with Gasteiger partial charge in [0.1, 0.15) is 5.82 Å². The summed E-state index contributed by atoms with van der Waals surface area (Å²) in [5, 5.41) is 0.116. The molecule has 0 bridgehead atoms. The highest BCUT2D eigenvalue weighted by molar-refractivity contribution is 5.86. The van der Waals surface area contributed by atoms with Crippen LogP contribution >= 0.6 is 0 Å². The third-order valence-electron chi connectivity index (χ3n) is 6.98. The second kappa shape index (κ2) is 7.92. The predicted octanol–water partition coefficient (Wildman–Crippen LogP) is 7.43. The second-order valence-corrected chi connectivity index (χ2v) is 8.47. The van der Waals surface area contributed by atoms with Crippen molar-refractivity contribution in [2.45, 2.75) is 64.4 Å². The van der Waals surface area contributed by atoms with Gasteiger partial charge in [-0.15, -0.1) is 0 Å². The van der Waals surface area contributed by atoms with Crippen molar-refractivity contribution in [2.24, 2.45) is 17.8 Å². The summed E-state index contributed by atoms with van der Waals surface area (Å²) < 4.78 is 58.2. The first-order valence-corrected chi connectivity index (χ1v) is 10.3. The van der Waals surface area contributed by atoms with Crippen molar-refractivity contribution in [1.82, 2.24) is 0 Å². The summed E-state index contributed by atoms with van der Waals surface area (Å²) in [5.41, 5.74) is 0.892. The van der Waals surface area contributed by atoms with Crippen LogP contribution in [-0.2, 0) is 0 Å². The molecule has 2 aromatic carbocycles. The van der Waals surface area contributed by atoms with Crippen molar-refractivity contribution < 1.29 is 22.3 Å². The lowest BCUT2D eigenvalue weighted by Crippen LogP contribution is -2.30. The molecule has 0 spiro atoms. The normalized spacial score (nSPS) is 27.8.